The zero-order chi connectivity index (χ0) is 22.9. The van der Waals surface area contributed by atoms with E-state index in [1.807, 2.05) is 5.38 Å². The maximum Gasteiger partial charge on any atom is 0.408 e. The van der Waals surface area contributed by atoms with Crippen molar-refractivity contribution >= 4 is 40.5 Å². The first-order valence-electron chi connectivity index (χ1n) is 10.0. The Kier molecular flexibility index (Phi) is 9.53. The number of nitrogens with zero attached hydrogens (tertiary/aromatic N) is 2. The fourth-order valence-electron chi connectivity index (χ4n) is 2.58. The molecule has 3 N–H and O–H groups in total. The Labute approximate surface area is 189 Å². The molecular formula is C20H28N4O5S2. The molecule has 170 valence electrons. The first kappa shape index (κ1) is 24.9. The molecule has 0 fully saturated rings. The summed E-state index contributed by atoms with van der Waals surface area (Å²) in [5.74, 6) is -0.408. The summed E-state index contributed by atoms with van der Waals surface area (Å²) >= 11 is 2.76. The lowest BCUT2D eigenvalue weighted by molar-refractivity contribution is -0.129. The van der Waals surface area contributed by atoms with E-state index in [4.69, 9.17) is 9.94 Å². The minimum Gasteiger partial charge on any atom is -0.444 e. The SMILES string of the molecule is CC(C)(C)OC(=O)NCc1nc(-c2nc(C(=O)CCCCCCC(=O)NO)cs2)cs1. The summed E-state index contributed by atoms with van der Waals surface area (Å²) in [4.78, 5) is 43.9. The Balaban J connectivity index is 1.77. The summed E-state index contributed by atoms with van der Waals surface area (Å²) in [6.45, 7) is 5.66. The van der Waals surface area contributed by atoms with E-state index in [0.717, 1.165) is 24.3 Å². The van der Waals surface area contributed by atoms with Gasteiger partial charge < -0.3 is 10.1 Å². The molecule has 0 radical (unpaired) electrons. The molecule has 2 heterocycles. The Bertz CT molecular complexity index is 888. The van der Waals surface area contributed by atoms with Crippen LogP contribution in [0.2, 0.25) is 0 Å². The molecule has 0 saturated carbocycles. The molecule has 11 heteroatoms. The number of carbonyl (C=O) groups is 3. The number of ketones is 1. The molecule has 0 aliphatic heterocycles. The molecule has 0 aromatic carbocycles. The van der Waals surface area contributed by atoms with Crippen LogP contribution in [0.15, 0.2) is 10.8 Å². The molecule has 0 aliphatic rings. The summed E-state index contributed by atoms with van der Waals surface area (Å²) in [5.41, 5.74) is 2.16. The van der Waals surface area contributed by atoms with E-state index >= 15 is 0 Å². The van der Waals surface area contributed by atoms with Gasteiger partial charge in [-0.25, -0.2) is 20.2 Å². The molecule has 0 saturated heterocycles. The second kappa shape index (κ2) is 11.9. The maximum absolute atomic E-state index is 12.3. The summed E-state index contributed by atoms with van der Waals surface area (Å²) < 4.78 is 5.20. The van der Waals surface area contributed by atoms with Crippen molar-refractivity contribution in [3.8, 4) is 10.7 Å². The van der Waals surface area contributed by atoms with E-state index in [9.17, 15) is 14.4 Å². The first-order valence-corrected chi connectivity index (χ1v) is 11.8. The van der Waals surface area contributed by atoms with Gasteiger partial charge in [0.05, 0.1) is 6.54 Å². The van der Waals surface area contributed by atoms with Crippen LogP contribution in [-0.4, -0.2) is 38.6 Å². The van der Waals surface area contributed by atoms with Gasteiger partial charge in [0, 0.05) is 23.6 Å². The van der Waals surface area contributed by atoms with Crippen LogP contribution >= 0.6 is 22.7 Å². The number of aromatic nitrogens is 2. The number of thiazole rings is 2. The molecule has 0 atom stereocenters. The van der Waals surface area contributed by atoms with E-state index in [1.54, 1.807) is 31.6 Å². The number of hydrogen-bond donors (Lipinski definition) is 3. The first-order chi connectivity index (χ1) is 14.7. The number of rotatable bonds is 11. The molecular weight excluding hydrogens is 440 g/mol. The minimum atomic E-state index is -0.557. The fourth-order valence-corrected chi connectivity index (χ4v) is 4.16. The van der Waals surface area contributed by atoms with Crippen LogP contribution in [0.5, 0.6) is 0 Å². The van der Waals surface area contributed by atoms with Crippen molar-refractivity contribution < 1.29 is 24.3 Å². The molecule has 31 heavy (non-hydrogen) atoms. The topological polar surface area (TPSA) is 131 Å². The predicted octanol–water partition coefficient (Wildman–Crippen LogP) is 4.32. The zero-order valence-corrected chi connectivity index (χ0v) is 19.5. The number of unbranched alkanes of at least 4 members (excludes halogenated alkanes) is 3. The van der Waals surface area contributed by atoms with Gasteiger partial charge in [0.1, 0.15) is 27.0 Å². The summed E-state index contributed by atoms with van der Waals surface area (Å²) in [6.07, 6.45) is 3.24. The lowest BCUT2D eigenvalue weighted by Gasteiger charge is -2.19. The molecule has 0 unspecified atom stereocenters. The minimum absolute atomic E-state index is 0.0161. The van der Waals surface area contributed by atoms with Gasteiger partial charge in [0.15, 0.2) is 5.78 Å². The van der Waals surface area contributed by atoms with Crippen molar-refractivity contribution in [1.82, 2.24) is 20.8 Å². The molecule has 2 amide bonds. The molecule has 2 aromatic rings. The van der Waals surface area contributed by atoms with Gasteiger partial charge in [0.25, 0.3) is 0 Å². The summed E-state index contributed by atoms with van der Waals surface area (Å²) in [5, 5.41) is 16.1. The van der Waals surface area contributed by atoms with E-state index in [0.29, 0.717) is 29.2 Å². The van der Waals surface area contributed by atoms with Crippen LogP contribution in [0.1, 0.15) is 74.8 Å². The van der Waals surface area contributed by atoms with E-state index in [-0.39, 0.29) is 18.7 Å². The van der Waals surface area contributed by atoms with Gasteiger partial charge in [-0.2, -0.15) is 0 Å². The molecule has 0 aliphatic carbocycles. The fraction of sp³-hybridized carbons (Fsp3) is 0.550. The summed E-state index contributed by atoms with van der Waals surface area (Å²) in [7, 11) is 0. The Morgan fingerprint density at radius 2 is 1.74 bits per heavy atom. The number of carbonyl (C=O) groups excluding carboxylic acids is 3. The second-order valence-corrected chi connectivity index (χ2v) is 9.69. The van der Waals surface area contributed by atoms with Crippen molar-refractivity contribution in [2.45, 2.75) is 71.4 Å². The predicted molar refractivity (Wildman–Crippen MR) is 118 cm³/mol. The highest BCUT2D eigenvalue weighted by molar-refractivity contribution is 7.14. The maximum atomic E-state index is 12.3. The van der Waals surface area contributed by atoms with Gasteiger partial charge in [0.2, 0.25) is 5.91 Å². The van der Waals surface area contributed by atoms with E-state index in [2.05, 4.69) is 15.3 Å². The Hall–Kier alpha value is -2.37. The third-order valence-corrected chi connectivity index (χ3v) is 5.74. The summed E-state index contributed by atoms with van der Waals surface area (Å²) in [6, 6.07) is 0. The smallest absolute Gasteiger partial charge is 0.408 e. The third kappa shape index (κ3) is 9.11. The standard InChI is InChI=1S/C20H28N4O5S2/c1-20(2,3)29-19(27)21-10-17-22-14(12-30-17)18-23-13(11-31-18)15(25)8-6-4-5-7-9-16(26)24-28/h11-12,28H,4-10H2,1-3H3,(H,21,27)(H,24,26). The van der Waals surface area contributed by atoms with E-state index in [1.165, 1.54) is 22.7 Å². The number of ether oxygens (including phenoxy) is 1. The van der Waals surface area contributed by atoms with Crippen LogP contribution in [0.25, 0.3) is 10.7 Å². The lowest BCUT2D eigenvalue weighted by Crippen LogP contribution is -2.32. The second-order valence-electron chi connectivity index (χ2n) is 7.89. The largest absolute Gasteiger partial charge is 0.444 e. The lowest BCUT2D eigenvalue weighted by atomic mass is 10.1. The van der Waals surface area contributed by atoms with Crippen molar-refractivity contribution in [2.75, 3.05) is 0 Å². The van der Waals surface area contributed by atoms with Crippen molar-refractivity contribution in [3.63, 3.8) is 0 Å². The normalized spacial score (nSPS) is 11.2. The average Bonchev–Trinajstić information content (AvgIpc) is 3.36. The third-order valence-electron chi connectivity index (χ3n) is 4.03. The highest BCUT2D eigenvalue weighted by Gasteiger charge is 2.17. The van der Waals surface area contributed by atoms with Crippen LogP contribution < -0.4 is 10.8 Å². The van der Waals surface area contributed by atoms with Gasteiger partial charge in [-0.3, -0.25) is 14.8 Å². The number of hydrogen-bond acceptors (Lipinski definition) is 9. The number of amides is 2. The number of hydroxylamine groups is 1. The van der Waals surface area contributed by atoms with Crippen molar-refractivity contribution in [3.05, 3.63) is 21.5 Å². The van der Waals surface area contributed by atoms with Crippen LogP contribution in [0.4, 0.5) is 4.79 Å². The quantitative estimate of drug-likeness (QED) is 0.194. The molecule has 2 aromatic heterocycles. The van der Waals surface area contributed by atoms with Gasteiger partial charge >= 0.3 is 6.09 Å². The number of Topliss-reactive ketones (excluding diaryl/α,β-unsaturated/α-hetero) is 1. The van der Waals surface area contributed by atoms with Crippen LogP contribution in [-0.2, 0) is 16.1 Å². The van der Waals surface area contributed by atoms with E-state index < -0.39 is 17.6 Å². The molecule has 0 bridgehead atoms. The molecule has 9 nitrogen and oxygen atoms in total. The Morgan fingerprint density at radius 3 is 2.42 bits per heavy atom. The monoisotopic (exact) mass is 468 g/mol. The number of nitrogens with one attached hydrogen (secondary N) is 2. The highest BCUT2D eigenvalue weighted by Crippen LogP contribution is 2.26. The van der Waals surface area contributed by atoms with Crippen molar-refractivity contribution in [2.24, 2.45) is 0 Å². The van der Waals surface area contributed by atoms with Gasteiger partial charge in [-0.05, 0) is 33.6 Å². The zero-order valence-electron chi connectivity index (χ0n) is 17.9. The number of alkyl carbamates (subject to hydrolysis) is 1. The van der Waals surface area contributed by atoms with Gasteiger partial charge in [-0.1, -0.05) is 12.8 Å². The average molecular weight is 469 g/mol. The van der Waals surface area contributed by atoms with Gasteiger partial charge in [-0.15, -0.1) is 22.7 Å². The molecule has 0 spiro atoms. The highest BCUT2D eigenvalue weighted by atomic mass is 32.1. The Morgan fingerprint density at radius 1 is 1.03 bits per heavy atom. The van der Waals surface area contributed by atoms with Crippen LogP contribution in [0.3, 0.4) is 0 Å². The van der Waals surface area contributed by atoms with Crippen LogP contribution in [0, 0.1) is 0 Å². The molecule has 2 rings (SSSR count). The van der Waals surface area contributed by atoms with Crippen molar-refractivity contribution in [1.29, 1.82) is 0 Å².